The monoisotopic (exact) mass is 444 g/mol. The molecule has 0 aromatic carbocycles. The molecule has 0 spiro atoms. The van der Waals surface area contributed by atoms with Crippen molar-refractivity contribution in [1.82, 2.24) is 0 Å². The fraction of sp³-hybridized carbons (Fsp3) is 1.00. The van der Waals surface area contributed by atoms with Gasteiger partial charge in [0.15, 0.2) is 0 Å². The topological polar surface area (TPSA) is 9.23 Å². The molecule has 0 N–H and O–H groups in total. The van der Waals surface area contributed by atoms with Crippen LogP contribution in [0.4, 0.5) is 0 Å². The molecule has 0 bridgehead atoms. The van der Waals surface area contributed by atoms with E-state index >= 15 is 0 Å². The molecule has 1 nitrogen and oxygen atoms in total. The van der Waals surface area contributed by atoms with Crippen molar-refractivity contribution in [3.63, 3.8) is 0 Å². The Kier molecular flexibility index (Phi) is 7.21. The van der Waals surface area contributed by atoms with Gasteiger partial charge in [0.2, 0.25) is 0 Å². The molecule has 9 atom stereocenters. The third kappa shape index (κ3) is 4.72. The van der Waals surface area contributed by atoms with E-state index in [2.05, 4.69) is 55.4 Å². The summed E-state index contributed by atoms with van der Waals surface area (Å²) < 4.78 is 6.48. The number of hydrogen-bond donors (Lipinski definition) is 0. The van der Waals surface area contributed by atoms with Crippen LogP contribution in [0.2, 0.25) is 0 Å². The van der Waals surface area contributed by atoms with Crippen LogP contribution in [0.1, 0.15) is 132 Å². The minimum Gasteiger partial charge on any atom is -0.373 e. The van der Waals surface area contributed by atoms with Gasteiger partial charge in [-0.3, -0.25) is 0 Å². The Labute approximate surface area is 201 Å². The molecule has 0 aliphatic heterocycles. The quantitative estimate of drug-likeness (QED) is 0.396. The summed E-state index contributed by atoms with van der Waals surface area (Å²) in [5.41, 5.74) is 1.23. The van der Waals surface area contributed by atoms with Crippen molar-refractivity contribution >= 4 is 0 Å². The second kappa shape index (κ2) is 9.20. The van der Waals surface area contributed by atoms with Gasteiger partial charge >= 0.3 is 0 Å². The van der Waals surface area contributed by atoms with Crippen molar-refractivity contribution in [3.05, 3.63) is 0 Å². The van der Waals surface area contributed by atoms with Crippen molar-refractivity contribution in [1.29, 1.82) is 0 Å². The molecule has 3 unspecified atom stereocenters. The Morgan fingerprint density at radius 3 is 2.19 bits per heavy atom. The third-order valence-electron chi connectivity index (χ3n) is 11.3. The smallest absolute Gasteiger partial charge is 0.0602 e. The lowest BCUT2D eigenvalue weighted by Crippen LogP contribution is -2.54. The summed E-state index contributed by atoms with van der Waals surface area (Å²) in [4.78, 5) is 0. The number of rotatable bonds is 6. The molecule has 0 aromatic rings. The van der Waals surface area contributed by atoms with E-state index in [1.54, 1.807) is 0 Å². The van der Waals surface area contributed by atoms with Gasteiger partial charge in [0, 0.05) is 0 Å². The van der Waals surface area contributed by atoms with Gasteiger partial charge in [0.25, 0.3) is 0 Å². The van der Waals surface area contributed by atoms with E-state index in [4.69, 9.17) is 4.74 Å². The van der Waals surface area contributed by atoms with Crippen LogP contribution in [0.15, 0.2) is 0 Å². The zero-order valence-electron chi connectivity index (χ0n) is 23.0. The maximum atomic E-state index is 6.48. The maximum Gasteiger partial charge on any atom is 0.0602 e. The van der Waals surface area contributed by atoms with E-state index in [9.17, 15) is 0 Å². The molecule has 4 rings (SSSR count). The Morgan fingerprint density at radius 2 is 1.50 bits per heavy atom. The summed E-state index contributed by atoms with van der Waals surface area (Å²) >= 11 is 0. The SMILES string of the molecule is CC(C)CCC[C@@H](C)[C@H]1CC[C@H]2[C@H]3CC[C@H]4C[C@@H](OC(C)(C)C)CCC4(C)C3CCC12C. The maximum absolute atomic E-state index is 6.48. The van der Waals surface area contributed by atoms with Crippen LogP contribution in [0.25, 0.3) is 0 Å². The molecule has 1 heteroatoms. The van der Waals surface area contributed by atoms with Crippen LogP contribution >= 0.6 is 0 Å². The highest BCUT2D eigenvalue weighted by molar-refractivity contribution is 5.09. The lowest BCUT2D eigenvalue weighted by Gasteiger charge is -2.61. The van der Waals surface area contributed by atoms with E-state index in [1.165, 1.54) is 77.0 Å². The van der Waals surface area contributed by atoms with Gasteiger partial charge in [-0.1, -0.05) is 53.9 Å². The highest BCUT2D eigenvalue weighted by atomic mass is 16.5. The number of hydrogen-bond acceptors (Lipinski definition) is 1. The largest absolute Gasteiger partial charge is 0.373 e. The van der Waals surface area contributed by atoms with Crippen LogP contribution in [-0.4, -0.2) is 11.7 Å². The molecule has 4 saturated carbocycles. The first-order valence-corrected chi connectivity index (χ1v) is 14.6. The summed E-state index contributed by atoms with van der Waals surface area (Å²) in [7, 11) is 0. The van der Waals surface area contributed by atoms with E-state index in [1.807, 2.05) is 0 Å². The molecule has 186 valence electrons. The Hall–Kier alpha value is -0.0400. The van der Waals surface area contributed by atoms with Gasteiger partial charge in [-0.25, -0.2) is 0 Å². The summed E-state index contributed by atoms with van der Waals surface area (Å²) in [5, 5.41) is 0. The van der Waals surface area contributed by atoms with Crippen LogP contribution in [-0.2, 0) is 4.74 Å². The Bertz CT molecular complexity index is 631. The van der Waals surface area contributed by atoms with E-state index in [-0.39, 0.29) is 5.60 Å². The van der Waals surface area contributed by atoms with Crippen LogP contribution < -0.4 is 0 Å². The average Bonchev–Trinajstić information content (AvgIpc) is 3.04. The zero-order chi connectivity index (χ0) is 23.3. The molecule has 4 aliphatic carbocycles. The fourth-order valence-electron chi connectivity index (χ4n) is 9.85. The first kappa shape index (κ1) is 25.1. The predicted octanol–water partition coefficient (Wildman–Crippen LogP) is 9.29. The minimum atomic E-state index is 0.00693. The Balaban J connectivity index is 1.42. The van der Waals surface area contributed by atoms with E-state index in [0.717, 1.165) is 41.4 Å². The molecule has 4 fully saturated rings. The van der Waals surface area contributed by atoms with Gasteiger partial charge in [0.1, 0.15) is 0 Å². The van der Waals surface area contributed by atoms with Gasteiger partial charge < -0.3 is 4.74 Å². The summed E-state index contributed by atoms with van der Waals surface area (Å²) in [6.45, 7) is 19.6. The molecule has 0 saturated heterocycles. The molecular formula is C31H56O. The first-order valence-electron chi connectivity index (χ1n) is 14.6. The minimum absolute atomic E-state index is 0.00693. The van der Waals surface area contributed by atoms with Crippen molar-refractivity contribution in [2.75, 3.05) is 0 Å². The standard InChI is InChI=1S/C31H56O/c1-21(2)10-9-11-22(3)26-14-15-27-25-13-12-23-20-24(32-29(4,5)6)16-18-30(23,7)28(25)17-19-31(26,27)8/h21-28H,9-20H2,1-8H3/t22-,23+,24+,25-,26-,27+,28?,30?,31?/m1/s1. The van der Waals surface area contributed by atoms with Gasteiger partial charge in [-0.05, 0) is 131 Å². The lowest BCUT2D eigenvalue weighted by molar-refractivity contribution is -0.155. The van der Waals surface area contributed by atoms with Gasteiger partial charge in [-0.2, -0.15) is 0 Å². The number of ether oxygens (including phenoxy) is 1. The molecule has 4 aliphatic rings. The zero-order valence-corrected chi connectivity index (χ0v) is 23.0. The van der Waals surface area contributed by atoms with Crippen LogP contribution in [0.3, 0.4) is 0 Å². The van der Waals surface area contributed by atoms with Crippen molar-refractivity contribution in [3.8, 4) is 0 Å². The van der Waals surface area contributed by atoms with Crippen molar-refractivity contribution < 1.29 is 4.74 Å². The normalized spacial score (nSPS) is 45.3. The van der Waals surface area contributed by atoms with Crippen molar-refractivity contribution in [2.24, 2.45) is 52.3 Å². The Morgan fingerprint density at radius 1 is 0.812 bits per heavy atom. The molecular weight excluding hydrogens is 388 g/mol. The summed E-state index contributed by atoms with van der Waals surface area (Å²) in [6, 6.07) is 0. The first-order chi connectivity index (χ1) is 14.9. The van der Waals surface area contributed by atoms with E-state index < -0.39 is 0 Å². The molecule has 0 heterocycles. The second-order valence-electron chi connectivity index (χ2n) is 14.8. The molecule has 32 heavy (non-hydrogen) atoms. The van der Waals surface area contributed by atoms with Gasteiger partial charge in [-0.15, -0.1) is 0 Å². The molecule has 0 radical (unpaired) electrons. The number of fused-ring (bicyclic) bond motifs is 5. The van der Waals surface area contributed by atoms with Crippen LogP contribution in [0, 0.1) is 52.3 Å². The summed E-state index contributed by atoms with van der Waals surface area (Å²) in [6.07, 6.45) is 18.0. The predicted molar refractivity (Wildman–Crippen MR) is 138 cm³/mol. The fourth-order valence-corrected chi connectivity index (χ4v) is 9.85. The van der Waals surface area contributed by atoms with Crippen molar-refractivity contribution in [2.45, 2.75) is 144 Å². The van der Waals surface area contributed by atoms with E-state index in [0.29, 0.717) is 16.9 Å². The van der Waals surface area contributed by atoms with Crippen LogP contribution in [0.5, 0.6) is 0 Å². The average molecular weight is 445 g/mol. The molecule has 0 aromatic heterocycles. The highest BCUT2D eigenvalue weighted by Gasteiger charge is 2.60. The summed E-state index contributed by atoms with van der Waals surface area (Å²) in [5.74, 6) is 6.71. The lowest BCUT2D eigenvalue weighted by atomic mass is 9.44. The highest BCUT2D eigenvalue weighted by Crippen LogP contribution is 2.68. The molecule has 0 amide bonds. The second-order valence-corrected chi connectivity index (χ2v) is 14.8. The third-order valence-corrected chi connectivity index (χ3v) is 11.3. The van der Waals surface area contributed by atoms with Gasteiger partial charge in [0.05, 0.1) is 11.7 Å².